The number of hydrogen-bond acceptors (Lipinski definition) is 4. The molecular weight excluding hydrogens is 445 g/mol. The van der Waals surface area contributed by atoms with Gasteiger partial charge in [0.05, 0.1) is 10.5 Å². The molecule has 0 radical (unpaired) electrons. The molecule has 5 rings (SSSR count). The van der Waals surface area contributed by atoms with Crippen molar-refractivity contribution in [2.75, 3.05) is 0 Å². The molecule has 33 heavy (non-hydrogen) atoms. The minimum Gasteiger partial charge on any atom is -0.360 e. The van der Waals surface area contributed by atoms with Gasteiger partial charge in [-0.3, -0.25) is 9.59 Å². The second-order valence-electron chi connectivity index (χ2n) is 8.63. The molecule has 4 aromatic rings. The number of carbonyl (C=O) groups excluding carboxylic acids is 1. The molecule has 0 bridgehead atoms. The lowest BCUT2D eigenvalue weighted by molar-refractivity contribution is -0.121. The van der Waals surface area contributed by atoms with Gasteiger partial charge in [0.2, 0.25) is 5.91 Å². The van der Waals surface area contributed by atoms with E-state index in [2.05, 4.69) is 10.5 Å². The largest absolute Gasteiger partial charge is 0.360 e. The lowest BCUT2D eigenvalue weighted by Gasteiger charge is -2.19. The number of halogens is 2. The van der Waals surface area contributed by atoms with Crippen LogP contribution >= 0.6 is 11.6 Å². The molecule has 6 nitrogen and oxygen atoms in total. The zero-order chi connectivity index (χ0) is 23.1. The van der Waals surface area contributed by atoms with E-state index in [9.17, 15) is 14.0 Å². The molecule has 8 heteroatoms. The Bertz CT molecular complexity index is 1430. The first-order valence-electron chi connectivity index (χ1n) is 11.0. The number of amides is 1. The van der Waals surface area contributed by atoms with E-state index in [1.54, 1.807) is 23.6 Å². The predicted molar refractivity (Wildman–Crippen MR) is 125 cm³/mol. The third-order valence-corrected chi connectivity index (χ3v) is 6.76. The van der Waals surface area contributed by atoms with E-state index in [1.165, 1.54) is 12.1 Å². The Morgan fingerprint density at radius 3 is 2.88 bits per heavy atom. The topological polar surface area (TPSA) is 77.1 Å². The average Bonchev–Trinajstić information content (AvgIpc) is 3.39. The second-order valence-corrected chi connectivity index (χ2v) is 9.04. The normalized spacial score (nSPS) is 18.3. The van der Waals surface area contributed by atoms with Gasteiger partial charge in [0.15, 0.2) is 0 Å². The highest BCUT2D eigenvalue weighted by Crippen LogP contribution is 2.36. The van der Waals surface area contributed by atoms with Crippen molar-refractivity contribution in [3.63, 3.8) is 0 Å². The number of aromatic nitrogens is 2. The minimum absolute atomic E-state index is 0.0320. The average molecular weight is 468 g/mol. The van der Waals surface area contributed by atoms with E-state index in [0.29, 0.717) is 39.9 Å². The molecule has 1 aliphatic carbocycles. The number of hydrogen-bond donors (Lipinski definition) is 1. The third-order valence-electron chi connectivity index (χ3n) is 6.45. The maximum absolute atomic E-state index is 13.4. The Balaban J connectivity index is 1.37. The standard InChI is InChI=1S/C25H23ClFN3O3/c1-14-22-24(29-33-14)23-19(26)6-3-7-20(23)30(25(22)32)18-10-9-17(13-18)28-21(31)11-8-15-4-2-5-16(27)12-15/h2-7,12,17-18H,8-11,13H2,1H3,(H,28,31). The Labute approximate surface area is 194 Å². The number of nitrogens with zero attached hydrogens (tertiary/aromatic N) is 2. The van der Waals surface area contributed by atoms with Crippen molar-refractivity contribution in [1.29, 1.82) is 0 Å². The molecule has 2 aromatic carbocycles. The summed E-state index contributed by atoms with van der Waals surface area (Å²) in [5.41, 5.74) is 1.84. The van der Waals surface area contributed by atoms with Gasteiger partial charge in [-0.05, 0) is 62.4 Å². The fraction of sp³-hybridized carbons (Fsp3) is 0.320. The third kappa shape index (κ3) is 4.02. The van der Waals surface area contributed by atoms with Crippen LogP contribution in [-0.2, 0) is 11.2 Å². The van der Waals surface area contributed by atoms with Crippen molar-refractivity contribution in [3.8, 4) is 0 Å². The van der Waals surface area contributed by atoms with Gasteiger partial charge in [0, 0.05) is 23.9 Å². The number of nitrogens with one attached hydrogen (secondary N) is 1. The summed E-state index contributed by atoms with van der Waals surface area (Å²) in [6.07, 6.45) is 2.93. The number of pyridine rings is 1. The lowest BCUT2D eigenvalue weighted by atomic mass is 10.1. The number of benzene rings is 2. The first-order valence-corrected chi connectivity index (χ1v) is 11.4. The molecule has 0 saturated heterocycles. The van der Waals surface area contributed by atoms with Crippen molar-refractivity contribution < 1.29 is 13.7 Å². The number of rotatable bonds is 5. The van der Waals surface area contributed by atoms with E-state index in [4.69, 9.17) is 16.1 Å². The van der Waals surface area contributed by atoms with Gasteiger partial charge >= 0.3 is 0 Å². The summed E-state index contributed by atoms with van der Waals surface area (Å²) in [5, 5.41) is 8.83. The smallest absolute Gasteiger partial charge is 0.264 e. The molecule has 2 heterocycles. The Morgan fingerprint density at radius 1 is 1.24 bits per heavy atom. The van der Waals surface area contributed by atoms with Crippen molar-refractivity contribution in [1.82, 2.24) is 15.0 Å². The quantitative estimate of drug-likeness (QED) is 0.443. The summed E-state index contributed by atoms with van der Waals surface area (Å²) in [4.78, 5) is 25.9. The zero-order valence-corrected chi connectivity index (χ0v) is 18.9. The number of fused-ring (bicyclic) bond motifs is 3. The van der Waals surface area contributed by atoms with Crippen molar-refractivity contribution in [2.45, 2.75) is 51.1 Å². The highest BCUT2D eigenvalue weighted by Gasteiger charge is 2.30. The maximum Gasteiger partial charge on any atom is 0.264 e. The Morgan fingerprint density at radius 2 is 2.06 bits per heavy atom. The van der Waals surface area contributed by atoms with Gasteiger partial charge < -0.3 is 14.4 Å². The summed E-state index contributed by atoms with van der Waals surface area (Å²) >= 11 is 6.49. The number of aryl methyl sites for hydroxylation is 2. The lowest BCUT2D eigenvalue weighted by Crippen LogP contribution is -2.33. The van der Waals surface area contributed by atoms with Gasteiger partial charge in [-0.1, -0.05) is 35.0 Å². The van der Waals surface area contributed by atoms with Gasteiger partial charge in [0.1, 0.15) is 22.5 Å². The Kier molecular flexibility index (Phi) is 5.66. The van der Waals surface area contributed by atoms with Crippen LogP contribution < -0.4 is 10.9 Å². The molecule has 1 fully saturated rings. The van der Waals surface area contributed by atoms with Gasteiger partial charge in [0.25, 0.3) is 5.56 Å². The summed E-state index contributed by atoms with van der Waals surface area (Å²) in [6, 6.07) is 11.7. The van der Waals surface area contributed by atoms with Crippen LogP contribution in [0, 0.1) is 12.7 Å². The van der Waals surface area contributed by atoms with E-state index in [1.807, 2.05) is 18.2 Å². The summed E-state index contributed by atoms with van der Waals surface area (Å²) < 4.78 is 20.5. The van der Waals surface area contributed by atoms with Gasteiger partial charge in [-0.2, -0.15) is 0 Å². The van der Waals surface area contributed by atoms with Crippen molar-refractivity contribution >= 4 is 39.3 Å². The van der Waals surface area contributed by atoms with E-state index >= 15 is 0 Å². The Hall–Kier alpha value is -3.19. The van der Waals surface area contributed by atoms with Gasteiger partial charge in [-0.15, -0.1) is 0 Å². The first kappa shape index (κ1) is 21.6. The predicted octanol–water partition coefficient (Wildman–Crippen LogP) is 5.09. The molecule has 2 atom stereocenters. The molecule has 1 N–H and O–H groups in total. The van der Waals surface area contributed by atoms with E-state index in [0.717, 1.165) is 23.9 Å². The van der Waals surface area contributed by atoms with Gasteiger partial charge in [-0.25, -0.2) is 4.39 Å². The SMILES string of the molecule is Cc1onc2c1c(=O)n(C1CCC(NC(=O)CCc3cccc(F)c3)C1)c1cccc(Cl)c21. The fourth-order valence-electron chi connectivity index (χ4n) is 4.91. The molecule has 2 unspecified atom stereocenters. The van der Waals surface area contributed by atoms with Crippen LogP contribution in [0.3, 0.4) is 0 Å². The molecular formula is C25H23ClFN3O3. The van der Waals surface area contributed by atoms with Crippen molar-refractivity contribution in [3.05, 3.63) is 75.0 Å². The summed E-state index contributed by atoms with van der Waals surface area (Å²) in [6.45, 7) is 1.72. The highest BCUT2D eigenvalue weighted by molar-refractivity contribution is 6.37. The molecule has 2 aromatic heterocycles. The highest BCUT2D eigenvalue weighted by atomic mass is 35.5. The first-order chi connectivity index (χ1) is 15.9. The number of carbonyl (C=O) groups is 1. The van der Waals surface area contributed by atoms with E-state index < -0.39 is 0 Å². The zero-order valence-electron chi connectivity index (χ0n) is 18.1. The van der Waals surface area contributed by atoms with Crippen LogP contribution in [0.2, 0.25) is 5.02 Å². The second kappa shape index (κ2) is 8.63. The van der Waals surface area contributed by atoms with Crippen LogP contribution in [0.5, 0.6) is 0 Å². The molecule has 170 valence electrons. The van der Waals surface area contributed by atoms with Crippen LogP contribution in [0.1, 0.15) is 43.0 Å². The molecule has 0 spiro atoms. The van der Waals surface area contributed by atoms with E-state index in [-0.39, 0.29) is 35.8 Å². The monoisotopic (exact) mass is 467 g/mol. The van der Waals surface area contributed by atoms with Crippen molar-refractivity contribution in [2.24, 2.45) is 0 Å². The van der Waals surface area contributed by atoms with Crippen LogP contribution in [0.25, 0.3) is 21.8 Å². The van der Waals surface area contributed by atoms with Crippen LogP contribution in [0.4, 0.5) is 4.39 Å². The maximum atomic E-state index is 13.4. The van der Waals surface area contributed by atoms with Crippen LogP contribution in [0.15, 0.2) is 51.8 Å². The summed E-state index contributed by atoms with van der Waals surface area (Å²) in [7, 11) is 0. The fourth-order valence-corrected chi connectivity index (χ4v) is 5.17. The van der Waals surface area contributed by atoms with Crippen LogP contribution in [-0.4, -0.2) is 21.7 Å². The molecule has 1 amide bonds. The molecule has 1 aliphatic rings. The summed E-state index contributed by atoms with van der Waals surface area (Å²) in [5.74, 6) is 0.0885. The molecule has 0 aliphatic heterocycles. The minimum atomic E-state index is -0.302. The molecule has 1 saturated carbocycles.